The zero-order valence-electron chi connectivity index (χ0n) is 15.7. The lowest BCUT2D eigenvalue weighted by Gasteiger charge is -2.20. The minimum Gasteiger partial charge on any atom is -0.444 e. The Morgan fingerprint density at radius 3 is 2.52 bits per heavy atom. The van der Waals surface area contributed by atoms with Gasteiger partial charge in [-0.3, -0.25) is 14.1 Å². The topological polar surface area (TPSA) is 84.1 Å². The molecule has 0 aliphatic rings. The smallest absolute Gasteiger partial charge is 0.412 e. The van der Waals surface area contributed by atoms with Crippen molar-refractivity contribution in [1.29, 1.82) is 5.26 Å². The van der Waals surface area contributed by atoms with Gasteiger partial charge in [0.05, 0.1) is 11.1 Å². The molecule has 2 aromatic rings. The van der Waals surface area contributed by atoms with E-state index in [0.29, 0.717) is 11.4 Å². The summed E-state index contributed by atoms with van der Waals surface area (Å²) in [5.41, 5.74) is 2.12. The molecule has 8 heteroatoms. The van der Waals surface area contributed by atoms with E-state index in [9.17, 15) is 9.59 Å². The monoisotopic (exact) mass is 497 g/mol. The molecular weight excluding hydrogens is 477 g/mol. The van der Waals surface area contributed by atoms with Crippen LogP contribution in [0.2, 0.25) is 0 Å². The zero-order valence-corrected chi connectivity index (χ0v) is 18.7. The number of ether oxygens (including phenoxy) is 1. The van der Waals surface area contributed by atoms with E-state index in [2.05, 4.69) is 26.5 Å². The standard InChI is InChI=1S/C19H20IN3O3S/c1-6-12(10-21)17(24)16-8-13-7-11(2)14(9-15(13)23(16)27-20)22-18(25)26-19(3,4)5/h6-9H,1-5H3,(H,22,25)/b12-6+. The normalized spacial score (nSPS) is 12.0. The summed E-state index contributed by atoms with van der Waals surface area (Å²) in [5.74, 6) is -0.334. The van der Waals surface area contributed by atoms with Crippen molar-refractivity contribution in [2.24, 2.45) is 0 Å². The number of amides is 1. The van der Waals surface area contributed by atoms with Gasteiger partial charge in [0.2, 0.25) is 5.78 Å². The molecule has 0 aliphatic heterocycles. The maximum atomic E-state index is 12.6. The summed E-state index contributed by atoms with van der Waals surface area (Å²) in [4.78, 5) is 24.7. The summed E-state index contributed by atoms with van der Waals surface area (Å²) in [6.07, 6.45) is 0.963. The molecule has 0 unspecified atom stereocenters. The van der Waals surface area contributed by atoms with Gasteiger partial charge in [-0.1, -0.05) is 6.08 Å². The number of anilines is 1. The van der Waals surface area contributed by atoms with Gasteiger partial charge in [0.15, 0.2) is 0 Å². The van der Waals surface area contributed by atoms with Gasteiger partial charge in [0.1, 0.15) is 17.4 Å². The quantitative estimate of drug-likeness (QED) is 0.250. The summed E-state index contributed by atoms with van der Waals surface area (Å²) in [6, 6.07) is 7.38. The number of nitriles is 1. The van der Waals surface area contributed by atoms with Crippen LogP contribution < -0.4 is 5.32 Å². The van der Waals surface area contributed by atoms with Crippen molar-refractivity contribution in [3.8, 4) is 6.07 Å². The van der Waals surface area contributed by atoms with E-state index in [1.165, 1.54) is 15.2 Å². The molecule has 0 bridgehead atoms. The molecule has 6 nitrogen and oxygen atoms in total. The first-order valence-electron chi connectivity index (χ1n) is 8.17. The second-order valence-electron chi connectivity index (χ2n) is 6.89. The van der Waals surface area contributed by atoms with Crippen LogP contribution in [0, 0.1) is 18.3 Å². The predicted molar refractivity (Wildman–Crippen MR) is 117 cm³/mol. The van der Waals surface area contributed by atoms with Gasteiger partial charge in [0.25, 0.3) is 0 Å². The highest BCUT2D eigenvalue weighted by Gasteiger charge is 2.21. The highest BCUT2D eigenvalue weighted by molar-refractivity contribution is 14.2. The van der Waals surface area contributed by atoms with Gasteiger partial charge >= 0.3 is 6.09 Å². The van der Waals surface area contributed by atoms with E-state index in [1.807, 2.05) is 19.1 Å². The molecule has 1 heterocycles. The molecule has 0 aliphatic carbocycles. The Morgan fingerprint density at radius 2 is 2.00 bits per heavy atom. The van der Waals surface area contributed by atoms with Crippen LogP contribution in [0.3, 0.4) is 0 Å². The summed E-state index contributed by atoms with van der Waals surface area (Å²) in [7, 11) is 1.33. The molecule has 0 fully saturated rings. The molecular formula is C19H20IN3O3S. The van der Waals surface area contributed by atoms with E-state index >= 15 is 0 Å². The summed E-state index contributed by atoms with van der Waals surface area (Å²) >= 11 is 2.08. The number of ketones is 1. The minimum absolute atomic E-state index is 0.0910. The van der Waals surface area contributed by atoms with Crippen LogP contribution in [0.1, 0.15) is 43.7 Å². The van der Waals surface area contributed by atoms with Crippen molar-refractivity contribution < 1.29 is 14.3 Å². The molecule has 142 valence electrons. The number of halogens is 1. The van der Waals surface area contributed by atoms with E-state index in [0.717, 1.165) is 16.5 Å². The van der Waals surface area contributed by atoms with Gasteiger partial charge in [0, 0.05) is 41.4 Å². The number of rotatable bonds is 4. The maximum absolute atomic E-state index is 12.6. The van der Waals surface area contributed by atoms with Crippen LogP contribution in [-0.4, -0.2) is 21.4 Å². The largest absolute Gasteiger partial charge is 0.444 e. The first kappa shape index (κ1) is 21.3. The number of hydrogen-bond donors (Lipinski definition) is 1. The second-order valence-corrected chi connectivity index (χ2v) is 8.57. The number of Topliss-reactive ketones (excluding diaryl/α,β-unsaturated/α-hetero) is 1. The highest BCUT2D eigenvalue weighted by Crippen LogP contribution is 2.33. The molecule has 0 saturated carbocycles. The van der Waals surface area contributed by atoms with E-state index in [-0.39, 0.29) is 11.4 Å². The SMILES string of the molecule is C/C=C(\C#N)C(=O)c1cc2cc(C)c(NC(=O)OC(C)(C)C)cc2n1SI. The number of nitrogens with one attached hydrogen (secondary N) is 1. The third kappa shape index (κ3) is 4.84. The fourth-order valence-corrected chi connectivity index (χ4v) is 4.23. The second kappa shape index (κ2) is 8.35. The van der Waals surface area contributed by atoms with Crippen LogP contribution in [-0.2, 0) is 4.74 Å². The number of hydrogen-bond acceptors (Lipinski definition) is 5. The van der Waals surface area contributed by atoms with Gasteiger partial charge in [-0.25, -0.2) is 4.79 Å². The van der Waals surface area contributed by atoms with E-state index < -0.39 is 11.7 Å². The number of carbonyl (C=O) groups excluding carboxylic acids is 2. The third-order valence-corrected chi connectivity index (χ3v) is 5.41. The zero-order chi connectivity index (χ0) is 20.4. The summed E-state index contributed by atoms with van der Waals surface area (Å²) < 4.78 is 7.06. The van der Waals surface area contributed by atoms with Gasteiger partial charge in [-0.2, -0.15) is 5.26 Å². The Balaban J connectivity index is 2.51. The summed E-state index contributed by atoms with van der Waals surface area (Å²) in [6.45, 7) is 8.92. The number of carbonyl (C=O) groups is 2. The third-order valence-electron chi connectivity index (χ3n) is 3.69. The van der Waals surface area contributed by atoms with Gasteiger partial charge < -0.3 is 4.74 Å². The Morgan fingerprint density at radius 1 is 1.33 bits per heavy atom. The van der Waals surface area contributed by atoms with Crippen LogP contribution in [0.25, 0.3) is 10.9 Å². The molecule has 0 spiro atoms. The Kier molecular flexibility index (Phi) is 6.59. The van der Waals surface area contributed by atoms with Crippen LogP contribution in [0.5, 0.6) is 0 Å². The predicted octanol–water partition coefficient (Wildman–Crippen LogP) is 5.80. The van der Waals surface area contributed by atoms with Gasteiger partial charge in [-0.05, 0) is 58.4 Å². The minimum atomic E-state index is -0.597. The lowest BCUT2D eigenvalue weighted by atomic mass is 10.1. The van der Waals surface area contributed by atoms with Crippen molar-refractivity contribution in [1.82, 2.24) is 3.97 Å². The molecule has 1 N–H and O–H groups in total. The van der Waals surface area contributed by atoms with Gasteiger partial charge in [-0.15, -0.1) is 0 Å². The van der Waals surface area contributed by atoms with E-state index in [1.54, 1.807) is 43.8 Å². The fraction of sp³-hybridized carbons (Fsp3) is 0.316. The molecule has 0 radical (unpaired) electrons. The molecule has 0 atom stereocenters. The Hall–Kier alpha value is -1.99. The van der Waals surface area contributed by atoms with Crippen LogP contribution in [0.15, 0.2) is 29.8 Å². The van der Waals surface area contributed by atoms with Crippen molar-refractivity contribution >= 4 is 58.8 Å². The first-order chi connectivity index (χ1) is 12.6. The van der Waals surface area contributed by atoms with Crippen LogP contribution in [0.4, 0.5) is 10.5 Å². The average Bonchev–Trinajstić information content (AvgIpc) is 2.91. The first-order valence-corrected chi connectivity index (χ1v) is 11.5. The number of fused-ring (bicyclic) bond motifs is 1. The lowest BCUT2D eigenvalue weighted by Crippen LogP contribution is -2.27. The van der Waals surface area contributed by atoms with Crippen molar-refractivity contribution in [2.45, 2.75) is 40.2 Å². The number of nitrogens with zero attached hydrogens (tertiary/aromatic N) is 2. The average molecular weight is 497 g/mol. The molecule has 1 amide bonds. The fourth-order valence-electron chi connectivity index (χ4n) is 2.51. The Labute approximate surface area is 174 Å². The number of benzene rings is 1. The molecule has 2 rings (SSSR count). The summed E-state index contributed by atoms with van der Waals surface area (Å²) in [5, 5.41) is 12.8. The van der Waals surface area contributed by atoms with E-state index in [4.69, 9.17) is 10.00 Å². The van der Waals surface area contributed by atoms with Crippen molar-refractivity contribution in [3.63, 3.8) is 0 Å². The molecule has 1 aromatic carbocycles. The van der Waals surface area contributed by atoms with Crippen molar-refractivity contribution in [2.75, 3.05) is 5.32 Å². The Bertz CT molecular complexity index is 981. The highest BCUT2D eigenvalue weighted by atomic mass is 127. The number of allylic oxidation sites excluding steroid dienone is 2. The number of aryl methyl sites for hydroxylation is 1. The maximum Gasteiger partial charge on any atom is 0.412 e. The number of aromatic nitrogens is 1. The molecule has 0 saturated heterocycles. The molecule has 27 heavy (non-hydrogen) atoms. The molecule has 1 aromatic heterocycles. The lowest BCUT2D eigenvalue weighted by molar-refractivity contribution is 0.0635. The van der Waals surface area contributed by atoms with Crippen LogP contribution >= 0.6 is 30.3 Å². The van der Waals surface area contributed by atoms with Crippen molar-refractivity contribution in [3.05, 3.63) is 41.1 Å².